The van der Waals surface area contributed by atoms with Crippen molar-refractivity contribution in [2.75, 3.05) is 32.1 Å². The minimum Gasteiger partial charge on any atom is -0.380 e. The summed E-state index contributed by atoms with van der Waals surface area (Å²) >= 11 is 2.04. The van der Waals surface area contributed by atoms with Gasteiger partial charge >= 0.3 is 0 Å². The maximum Gasteiger partial charge on any atom is 0.129 e. The summed E-state index contributed by atoms with van der Waals surface area (Å²) in [6.45, 7) is 7.97. The molecule has 3 atom stereocenters. The quantitative estimate of drug-likeness (QED) is 0.721. The highest BCUT2D eigenvalue weighted by Gasteiger charge is 2.37. The Balaban J connectivity index is 1.99. The summed E-state index contributed by atoms with van der Waals surface area (Å²) in [7, 11) is 0. The van der Waals surface area contributed by atoms with Crippen LogP contribution in [0.3, 0.4) is 0 Å². The molecule has 4 heteroatoms. The lowest BCUT2D eigenvalue weighted by Crippen LogP contribution is -2.52. The van der Waals surface area contributed by atoms with Crippen LogP contribution in [0, 0.1) is 5.41 Å². The lowest BCUT2D eigenvalue weighted by atomic mass is 9.83. The zero-order valence-electron chi connectivity index (χ0n) is 10.9. The van der Waals surface area contributed by atoms with Crippen LogP contribution in [0.15, 0.2) is 0 Å². The minimum absolute atomic E-state index is 0.242. The first-order valence-corrected chi connectivity index (χ1v) is 7.61. The molecule has 0 radical (unpaired) electrons. The normalized spacial score (nSPS) is 40.1. The highest BCUT2D eigenvalue weighted by molar-refractivity contribution is 8.00. The minimum atomic E-state index is -0.242. The van der Waals surface area contributed by atoms with E-state index in [-0.39, 0.29) is 5.41 Å². The number of hydrogen-bond acceptors (Lipinski definition) is 4. The van der Waals surface area contributed by atoms with E-state index in [9.17, 15) is 4.79 Å². The first-order valence-electron chi connectivity index (χ1n) is 6.57. The molecule has 2 aliphatic heterocycles. The summed E-state index contributed by atoms with van der Waals surface area (Å²) in [5.74, 6) is 1.18. The van der Waals surface area contributed by atoms with Crippen molar-refractivity contribution in [3.05, 3.63) is 0 Å². The molecule has 0 aromatic carbocycles. The van der Waals surface area contributed by atoms with Crippen LogP contribution in [0.5, 0.6) is 0 Å². The molecule has 17 heavy (non-hydrogen) atoms. The summed E-state index contributed by atoms with van der Waals surface area (Å²) in [4.78, 5) is 13.9. The summed E-state index contributed by atoms with van der Waals surface area (Å²) in [5.41, 5.74) is -0.242. The molecule has 2 fully saturated rings. The average molecular weight is 257 g/mol. The van der Waals surface area contributed by atoms with Crippen LogP contribution in [0.25, 0.3) is 0 Å². The van der Waals surface area contributed by atoms with E-state index in [2.05, 4.69) is 18.7 Å². The summed E-state index contributed by atoms with van der Waals surface area (Å²) in [5, 5.41) is 0.664. The van der Waals surface area contributed by atoms with Crippen LogP contribution in [0.4, 0.5) is 0 Å². The van der Waals surface area contributed by atoms with Crippen LogP contribution in [0.1, 0.15) is 26.7 Å². The zero-order valence-corrected chi connectivity index (χ0v) is 11.7. The summed E-state index contributed by atoms with van der Waals surface area (Å²) in [6, 6.07) is 0.563. The number of aldehydes is 1. The summed E-state index contributed by atoms with van der Waals surface area (Å²) in [6.07, 6.45) is 3.15. The Hall–Kier alpha value is -0.0600. The van der Waals surface area contributed by atoms with Gasteiger partial charge in [-0.15, -0.1) is 0 Å². The smallest absolute Gasteiger partial charge is 0.129 e. The van der Waals surface area contributed by atoms with Gasteiger partial charge in [-0.1, -0.05) is 6.92 Å². The fourth-order valence-electron chi connectivity index (χ4n) is 2.75. The first-order chi connectivity index (χ1) is 8.17. The second-order valence-electron chi connectivity index (χ2n) is 5.42. The Morgan fingerprint density at radius 3 is 3.00 bits per heavy atom. The Morgan fingerprint density at radius 2 is 2.35 bits per heavy atom. The third-order valence-corrected chi connectivity index (χ3v) is 5.47. The van der Waals surface area contributed by atoms with Gasteiger partial charge in [-0.2, -0.15) is 11.8 Å². The van der Waals surface area contributed by atoms with Crippen molar-refractivity contribution in [1.82, 2.24) is 4.90 Å². The van der Waals surface area contributed by atoms with Gasteiger partial charge in [-0.25, -0.2) is 0 Å². The predicted molar refractivity (Wildman–Crippen MR) is 71.5 cm³/mol. The van der Waals surface area contributed by atoms with Gasteiger partial charge in [0.05, 0.1) is 12.0 Å². The Labute approximate surface area is 108 Å². The van der Waals surface area contributed by atoms with Gasteiger partial charge in [0.1, 0.15) is 6.29 Å². The molecule has 3 nitrogen and oxygen atoms in total. The maximum atomic E-state index is 11.4. The lowest BCUT2D eigenvalue weighted by molar-refractivity contribution is -0.126. The number of rotatable bonds is 3. The number of thioether (sulfide) groups is 1. The molecule has 0 saturated carbocycles. The van der Waals surface area contributed by atoms with Gasteiger partial charge in [0.2, 0.25) is 0 Å². The van der Waals surface area contributed by atoms with Gasteiger partial charge in [0.15, 0.2) is 0 Å². The topological polar surface area (TPSA) is 29.5 Å². The predicted octanol–water partition coefficient (Wildman–Crippen LogP) is 1.81. The number of carbonyl (C=O) groups is 1. The molecule has 0 aliphatic carbocycles. The second kappa shape index (κ2) is 5.72. The fourth-order valence-corrected chi connectivity index (χ4v) is 3.91. The van der Waals surface area contributed by atoms with Gasteiger partial charge in [-0.05, 0) is 19.8 Å². The van der Waals surface area contributed by atoms with Crippen molar-refractivity contribution < 1.29 is 9.53 Å². The van der Waals surface area contributed by atoms with Crippen molar-refractivity contribution in [3.63, 3.8) is 0 Å². The zero-order chi connectivity index (χ0) is 12.3. The van der Waals surface area contributed by atoms with E-state index in [0.29, 0.717) is 17.9 Å². The molecule has 2 aliphatic rings. The molecule has 0 spiro atoms. The van der Waals surface area contributed by atoms with Crippen LogP contribution in [-0.4, -0.2) is 54.5 Å². The maximum absolute atomic E-state index is 11.4. The molecule has 3 unspecified atom stereocenters. The van der Waals surface area contributed by atoms with E-state index in [1.807, 2.05) is 11.8 Å². The highest BCUT2D eigenvalue weighted by atomic mass is 32.2. The van der Waals surface area contributed by atoms with E-state index in [1.54, 1.807) is 0 Å². The van der Waals surface area contributed by atoms with E-state index < -0.39 is 0 Å². The van der Waals surface area contributed by atoms with Gasteiger partial charge < -0.3 is 9.53 Å². The molecule has 0 aromatic rings. The van der Waals surface area contributed by atoms with Crippen LogP contribution in [-0.2, 0) is 9.53 Å². The molecule has 98 valence electrons. The van der Waals surface area contributed by atoms with Crippen LogP contribution in [0.2, 0.25) is 0 Å². The van der Waals surface area contributed by atoms with Gasteiger partial charge in [0.25, 0.3) is 0 Å². The van der Waals surface area contributed by atoms with Crippen molar-refractivity contribution in [2.45, 2.75) is 38.0 Å². The number of nitrogens with zero attached hydrogens (tertiary/aromatic N) is 1. The fraction of sp³-hybridized carbons (Fsp3) is 0.923. The van der Waals surface area contributed by atoms with E-state index >= 15 is 0 Å². The van der Waals surface area contributed by atoms with E-state index in [0.717, 1.165) is 38.8 Å². The molecular formula is C13H23NO2S. The number of carbonyl (C=O) groups excluding carboxylic acids is 1. The van der Waals surface area contributed by atoms with Crippen LogP contribution < -0.4 is 0 Å². The molecular weight excluding hydrogens is 234 g/mol. The molecule has 0 amide bonds. The molecule has 2 rings (SSSR count). The van der Waals surface area contributed by atoms with Crippen molar-refractivity contribution >= 4 is 18.0 Å². The molecule has 2 saturated heterocycles. The molecule has 0 bridgehead atoms. The van der Waals surface area contributed by atoms with Gasteiger partial charge in [-0.3, -0.25) is 4.90 Å². The standard InChI is InChI=1S/C13H23NO2S/c1-11-12(2)17-7-5-14(11)8-13(9-15)4-3-6-16-10-13/h9,11-12H,3-8,10H2,1-2H3. The lowest BCUT2D eigenvalue weighted by Gasteiger charge is -2.43. The Kier molecular flexibility index (Phi) is 4.50. The Morgan fingerprint density at radius 1 is 1.53 bits per heavy atom. The SMILES string of the molecule is CC1SCCN(CC2(C=O)CCCOC2)C1C. The number of ether oxygens (including phenoxy) is 1. The third kappa shape index (κ3) is 3.04. The molecule has 0 N–H and O–H groups in total. The van der Waals surface area contributed by atoms with Gasteiger partial charge in [0, 0.05) is 36.7 Å². The summed E-state index contributed by atoms with van der Waals surface area (Å²) < 4.78 is 5.52. The van der Waals surface area contributed by atoms with Crippen molar-refractivity contribution in [2.24, 2.45) is 5.41 Å². The number of hydrogen-bond donors (Lipinski definition) is 0. The third-order valence-electron chi connectivity index (χ3n) is 4.14. The second-order valence-corrected chi connectivity index (χ2v) is 6.91. The van der Waals surface area contributed by atoms with Crippen molar-refractivity contribution in [3.8, 4) is 0 Å². The van der Waals surface area contributed by atoms with E-state index in [4.69, 9.17) is 4.74 Å². The van der Waals surface area contributed by atoms with Crippen molar-refractivity contribution in [1.29, 1.82) is 0 Å². The average Bonchev–Trinajstić information content (AvgIpc) is 2.36. The Bertz CT molecular complexity index is 266. The highest BCUT2D eigenvalue weighted by Crippen LogP contribution is 2.31. The van der Waals surface area contributed by atoms with E-state index in [1.165, 1.54) is 5.75 Å². The molecule has 0 aromatic heterocycles. The molecule has 2 heterocycles. The largest absolute Gasteiger partial charge is 0.380 e. The van der Waals surface area contributed by atoms with Crippen LogP contribution >= 0.6 is 11.8 Å². The first kappa shape index (κ1) is 13.4. The monoisotopic (exact) mass is 257 g/mol.